The summed E-state index contributed by atoms with van der Waals surface area (Å²) in [7, 11) is 0. The zero-order valence-electron chi connectivity index (χ0n) is 6.88. The average molecular weight is 200 g/mol. The minimum absolute atomic E-state index is 0.0674. The highest BCUT2D eigenvalue weighted by Gasteiger charge is 2.02. The van der Waals surface area contributed by atoms with Gasteiger partial charge in [-0.15, -0.1) is 0 Å². The summed E-state index contributed by atoms with van der Waals surface area (Å²) in [6.45, 7) is -0.0674. The average Bonchev–Trinajstić information content (AvgIpc) is 2.09. The summed E-state index contributed by atoms with van der Waals surface area (Å²) in [6.07, 6.45) is 0. The van der Waals surface area contributed by atoms with Crippen LogP contribution in [0.15, 0.2) is 18.2 Å². The number of halogens is 1. The maximum absolute atomic E-state index is 10.9. The molecular weight excluding hydrogens is 190 g/mol. The molecule has 70 valence electrons. The van der Waals surface area contributed by atoms with Gasteiger partial charge in [0.2, 0.25) is 5.91 Å². The molecule has 0 radical (unpaired) electrons. The molecule has 0 saturated carbocycles. The van der Waals surface area contributed by atoms with E-state index in [1.165, 1.54) is 0 Å². The second kappa shape index (κ2) is 4.11. The molecule has 13 heavy (non-hydrogen) atoms. The molecule has 0 fully saturated rings. The van der Waals surface area contributed by atoms with Crippen molar-refractivity contribution >= 4 is 28.9 Å². The Labute approximate surface area is 80.9 Å². The number of carbonyl (C=O) groups excluding carboxylic acids is 1. The second-order valence-electron chi connectivity index (χ2n) is 2.48. The molecule has 4 nitrogen and oxygen atoms in total. The lowest BCUT2D eigenvalue weighted by atomic mass is 10.2. The van der Waals surface area contributed by atoms with E-state index in [0.717, 1.165) is 0 Å². The Hall–Kier alpha value is -1.26. The SMILES string of the molecule is NCC(=O)Nc1ccc(Cl)cc1N. The van der Waals surface area contributed by atoms with Gasteiger partial charge < -0.3 is 16.8 Å². The van der Waals surface area contributed by atoms with Crippen LogP contribution in [-0.4, -0.2) is 12.5 Å². The molecule has 1 aromatic carbocycles. The van der Waals surface area contributed by atoms with Crippen LogP contribution < -0.4 is 16.8 Å². The molecule has 5 heteroatoms. The first-order chi connectivity index (χ1) is 6.13. The number of hydrogen-bond acceptors (Lipinski definition) is 3. The minimum Gasteiger partial charge on any atom is -0.397 e. The number of benzene rings is 1. The third-order valence-electron chi connectivity index (χ3n) is 1.47. The normalized spacial score (nSPS) is 9.69. The van der Waals surface area contributed by atoms with Crippen LogP contribution in [0.1, 0.15) is 0 Å². The van der Waals surface area contributed by atoms with Gasteiger partial charge in [-0.25, -0.2) is 0 Å². The summed E-state index contributed by atoms with van der Waals surface area (Å²) in [5, 5.41) is 3.07. The smallest absolute Gasteiger partial charge is 0.238 e. The van der Waals surface area contributed by atoms with E-state index < -0.39 is 0 Å². The predicted octanol–water partition coefficient (Wildman–Crippen LogP) is 0.819. The van der Waals surface area contributed by atoms with Crippen LogP contribution in [0.5, 0.6) is 0 Å². The van der Waals surface area contributed by atoms with E-state index in [1.807, 2.05) is 0 Å². The van der Waals surface area contributed by atoms with Crippen molar-refractivity contribution in [2.75, 3.05) is 17.6 Å². The Morgan fingerprint density at radius 2 is 2.23 bits per heavy atom. The van der Waals surface area contributed by atoms with E-state index in [4.69, 9.17) is 23.1 Å². The Morgan fingerprint density at radius 1 is 1.54 bits per heavy atom. The Balaban J connectivity index is 2.83. The van der Waals surface area contributed by atoms with Gasteiger partial charge in [0.1, 0.15) is 0 Å². The monoisotopic (exact) mass is 199 g/mol. The number of hydrogen-bond donors (Lipinski definition) is 3. The Kier molecular flexibility index (Phi) is 3.11. The van der Waals surface area contributed by atoms with E-state index >= 15 is 0 Å². The van der Waals surface area contributed by atoms with Gasteiger partial charge in [-0.2, -0.15) is 0 Å². The van der Waals surface area contributed by atoms with Crippen molar-refractivity contribution in [1.82, 2.24) is 0 Å². The van der Waals surface area contributed by atoms with Crippen molar-refractivity contribution in [3.8, 4) is 0 Å². The van der Waals surface area contributed by atoms with Crippen molar-refractivity contribution in [1.29, 1.82) is 0 Å². The molecule has 1 aromatic rings. The van der Waals surface area contributed by atoms with E-state index in [1.54, 1.807) is 18.2 Å². The van der Waals surface area contributed by atoms with Crippen LogP contribution in [0, 0.1) is 0 Å². The highest BCUT2D eigenvalue weighted by molar-refractivity contribution is 6.31. The second-order valence-corrected chi connectivity index (χ2v) is 2.92. The molecule has 0 saturated heterocycles. The maximum Gasteiger partial charge on any atom is 0.238 e. The summed E-state index contributed by atoms with van der Waals surface area (Å²) in [5.41, 5.74) is 11.7. The number of anilines is 2. The minimum atomic E-state index is -0.283. The van der Waals surface area contributed by atoms with Gasteiger partial charge in [0.05, 0.1) is 17.9 Å². The van der Waals surface area contributed by atoms with Gasteiger partial charge in [-0.3, -0.25) is 4.79 Å². The standard InChI is InChI=1S/C8H10ClN3O/c9-5-1-2-7(6(11)3-5)12-8(13)4-10/h1-3H,4,10-11H2,(H,12,13). The molecule has 0 aliphatic heterocycles. The summed E-state index contributed by atoms with van der Waals surface area (Å²) >= 11 is 5.67. The lowest BCUT2D eigenvalue weighted by Crippen LogP contribution is -2.22. The van der Waals surface area contributed by atoms with Crippen molar-refractivity contribution in [3.05, 3.63) is 23.2 Å². The quantitative estimate of drug-likeness (QED) is 0.617. The van der Waals surface area contributed by atoms with Gasteiger partial charge in [-0.1, -0.05) is 11.6 Å². The fourth-order valence-electron chi connectivity index (χ4n) is 0.849. The highest BCUT2D eigenvalue weighted by Crippen LogP contribution is 2.22. The van der Waals surface area contributed by atoms with Gasteiger partial charge in [0.25, 0.3) is 0 Å². The van der Waals surface area contributed by atoms with Crippen LogP contribution in [0.25, 0.3) is 0 Å². The van der Waals surface area contributed by atoms with Gasteiger partial charge in [0, 0.05) is 5.02 Å². The maximum atomic E-state index is 10.9. The highest BCUT2D eigenvalue weighted by atomic mass is 35.5. The van der Waals surface area contributed by atoms with E-state index in [-0.39, 0.29) is 12.5 Å². The molecule has 0 unspecified atom stereocenters. The van der Waals surface area contributed by atoms with Crippen LogP contribution in [-0.2, 0) is 4.79 Å². The molecule has 1 rings (SSSR count). The third-order valence-corrected chi connectivity index (χ3v) is 1.71. The molecule has 0 atom stereocenters. The molecule has 0 aromatic heterocycles. The van der Waals surface area contributed by atoms with E-state index in [9.17, 15) is 4.79 Å². The van der Waals surface area contributed by atoms with Crippen molar-refractivity contribution in [2.45, 2.75) is 0 Å². The summed E-state index contributed by atoms with van der Waals surface area (Å²) < 4.78 is 0. The third kappa shape index (κ3) is 2.61. The van der Waals surface area contributed by atoms with Crippen LogP contribution in [0.4, 0.5) is 11.4 Å². The molecular formula is C8H10ClN3O. The molecule has 0 heterocycles. The van der Waals surface area contributed by atoms with Crippen LogP contribution >= 0.6 is 11.6 Å². The summed E-state index contributed by atoms with van der Waals surface area (Å²) in [4.78, 5) is 10.9. The van der Waals surface area contributed by atoms with Gasteiger partial charge in [0.15, 0.2) is 0 Å². The first kappa shape index (κ1) is 9.83. The molecule has 0 bridgehead atoms. The van der Waals surface area contributed by atoms with Crippen molar-refractivity contribution in [3.63, 3.8) is 0 Å². The molecule has 5 N–H and O–H groups in total. The fraction of sp³-hybridized carbons (Fsp3) is 0.125. The topological polar surface area (TPSA) is 81.1 Å². The lowest BCUT2D eigenvalue weighted by Gasteiger charge is -2.06. The largest absolute Gasteiger partial charge is 0.397 e. The van der Waals surface area contributed by atoms with Crippen molar-refractivity contribution < 1.29 is 4.79 Å². The number of rotatable bonds is 2. The van der Waals surface area contributed by atoms with Gasteiger partial charge in [-0.05, 0) is 18.2 Å². The first-order valence-corrected chi connectivity index (χ1v) is 4.06. The number of nitrogen functional groups attached to an aromatic ring is 1. The Morgan fingerprint density at radius 3 is 2.77 bits per heavy atom. The fourth-order valence-corrected chi connectivity index (χ4v) is 1.03. The lowest BCUT2D eigenvalue weighted by molar-refractivity contribution is -0.114. The molecule has 0 spiro atoms. The molecule has 0 aliphatic carbocycles. The summed E-state index contributed by atoms with van der Waals surface area (Å²) in [5.74, 6) is -0.283. The van der Waals surface area contributed by atoms with E-state index in [2.05, 4.69) is 5.32 Å². The number of nitrogens with one attached hydrogen (secondary N) is 1. The summed E-state index contributed by atoms with van der Waals surface area (Å²) in [6, 6.07) is 4.84. The van der Waals surface area contributed by atoms with E-state index in [0.29, 0.717) is 16.4 Å². The molecule has 0 aliphatic rings. The van der Waals surface area contributed by atoms with Crippen LogP contribution in [0.2, 0.25) is 5.02 Å². The molecule has 1 amide bonds. The number of amides is 1. The van der Waals surface area contributed by atoms with Crippen molar-refractivity contribution in [2.24, 2.45) is 5.73 Å². The first-order valence-electron chi connectivity index (χ1n) is 3.68. The Bertz CT molecular complexity index is 327. The number of nitrogens with two attached hydrogens (primary N) is 2. The zero-order valence-corrected chi connectivity index (χ0v) is 7.64. The van der Waals surface area contributed by atoms with Gasteiger partial charge >= 0.3 is 0 Å². The van der Waals surface area contributed by atoms with Crippen LogP contribution in [0.3, 0.4) is 0 Å². The predicted molar refractivity (Wildman–Crippen MR) is 53.5 cm³/mol. The number of carbonyl (C=O) groups is 1. The zero-order chi connectivity index (χ0) is 9.84.